The van der Waals surface area contributed by atoms with Crippen LogP contribution in [0.1, 0.15) is 16.8 Å². The van der Waals surface area contributed by atoms with E-state index in [1.807, 2.05) is 36.0 Å². The van der Waals surface area contributed by atoms with Crippen LogP contribution in [0.3, 0.4) is 0 Å². The molecule has 0 unspecified atom stereocenters. The fraction of sp³-hybridized carbons (Fsp3) is 0.250. The molecule has 0 saturated carbocycles. The number of aromatic nitrogens is 2. The number of rotatable bonds is 3. The molecule has 1 aromatic heterocycles. The Labute approximate surface area is 89.5 Å². The maximum Gasteiger partial charge on any atom is 0.0659 e. The van der Waals surface area contributed by atoms with Crippen molar-refractivity contribution in [3.05, 3.63) is 53.3 Å². The summed E-state index contributed by atoms with van der Waals surface area (Å²) in [5.41, 5.74) is 9.04. The average molecular weight is 201 g/mol. The lowest BCUT2D eigenvalue weighted by Gasteiger charge is -2.03. The summed E-state index contributed by atoms with van der Waals surface area (Å²) in [6.45, 7) is 3.39. The molecule has 0 aliphatic rings. The van der Waals surface area contributed by atoms with Crippen LogP contribution in [-0.2, 0) is 13.1 Å². The van der Waals surface area contributed by atoms with Crippen LogP contribution in [0.5, 0.6) is 0 Å². The van der Waals surface area contributed by atoms with Crippen LogP contribution in [0.4, 0.5) is 0 Å². The van der Waals surface area contributed by atoms with E-state index in [-0.39, 0.29) is 0 Å². The van der Waals surface area contributed by atoms with Crippen molar-refractivity contribution >= 4 is 0 Å². The Hall–Kier alpha value is -1.61. The topological polar surface area (TPSA) is 43.8 Å². The molecule has 2 rings (SSSR count). The van der Waals surface area contributed by atoms with Gasteiger partial charge in [-0.1, -0.05) is 24.3 Å². The number of hydrogen-bond donors (Lipinski definition) is 1. The third-order valence-electron chi connectivity index (χ3n) is 2.35. The van der Waals surface area contributed by atoms with Crippen molar-refractivity contribution in [2.75, 3.05) is 0 Å². The van der Waals surface area contributed by atoms with Crippen molar-refractivity contribution < 1.29 is 0 Å². The molecular weight excluding hydrogens is 186 g/mol. The molecule has 0 atom stereocenters. The van der Waals surface area contributed by atoms with Gasteiger partial charge in [0, 0.05) is 12.7 Å². The van der Waals surface area contributed by atoms with Crippen molar-refractivity contribution in [2.24, 2.45) is 5.73 Å². The molecule has 0 aliphatic carbocycles. The van der Waals surface area contributed by atoms with Crippen LogP contribution in [-0.4, -0.2) is 9.78 Å². The smallest absolute Gasteiger partial charge is 0.0659 e. The Bertz CT molecular complexity index is 446. The van der Waals surface area contributed by atoms with E-state index in [2.05, 4.69) is 17.2 Å². The van der Waals surface area contributed by atoms with E-state index in [0.29, 0.717) is 6.54 Å². The second-order valence-electron chi connectivity index (χ2n) is 3.68. The predicted molar refractivity (Wildman–Crippen MR) is 60.4 cm³/mol. The van der Waals surface area contributed by atoms with Crippen molar-refractivity contribution in [3.63, 3.8) is 0 Å². The molecule has 0 saturated heterocycles. The fourth-order valence-corrected chi connectivity index (χ4v) is 1.59. The number of nitrogens with zero attached hydrogens (tertiary/aromatic N) is 2. The van der Waals surface area contributed by atoms with E-state index >= 15 is 0 Å². The quantitative estimate of drug-likeness (QED) is 0.821. The van der Waals surface area contributed by atoms with Crippen LogP contribution in [0.15, 0.2) is 36.5 Å². The zero-order chi connectivity index (χ0) is 10.7. The summed E-state index contributed by atoms with van der Waals surface area (Å²) in [7, 11) is 0. The largest absolute Gasteiger partial charge is 0.326 e. The molecule has 0 aliphatic heterocycles. The monoisotopic (exact) mass is 201 g/mol. The second kappa shape index (κ2) is 4.28. The zero-order valence-electron chi connectivity index (χ0n) is 8.85. The lowest BCUT2D eigenvalue weighted by atomic mass is 10.1. The van der Waals surface area contributed by atoms with Gasteiger partial charge in [0.25, 0.3) is 0 Å². The lowest BCUT2D eigenvalue weighted by molar-refractivity contribution is 0.679. The third-order valence-corrected chi connectivity index (χ3v) is 2.35. The van der Waals surface area contributed by atoms with E-state index in [1.165, 1.54) is 5.56 Å². The van der Waals surface area contributed by atoms with E-state index in [0.717, 1.165) is 17.8 Å². The van der Waals surface area contributed by atoms with Crippen LogP contribution in [0.2, 0.25) is 0 Å². The van der Waals surface area contributed by atoms with Crippen LogP contribution < -0.4 is 5.73 Å². The molecule has 2 aromatic rings. The first kappa shape index (κ1) is 9.93. The Kier molecular flexibility index (Phi) is 2.83. The standard InChI is InChI=1S/C12H15N3/c1-10-5-6-15(14-10)9-12-4-2-3-11(7-12)8-13/h2-7H,8-9,13H2,1H3. The molecule has 0 bridgehead atoms. The SMILES string of the molecule is Cc1ccn(Cc2cccc(CN)c2)n1. The first-order chi connectivity index (χ1) is 7.28. The molecule has 2 N–H and O–H groups in total. The summed E-state index contributed by atoms with van der Waals surface area (Å²) in [4.78, 5) is 0. The number of hydrogen-bond acceptors (Lipinski definition) is 2. The zero-order valence-corrected chi connectivity index (χ0v) is 8.85. The van der Waals surface area contributed by atoms with Gasteiger partial charge < -0.3 is 5.73 Å². The van der Waals surface area contributed by atoms with Crippen LogP contribution >= 0.6 is 0 Å². The van der Waals surface area contributed by atoms with Crippen LogP contribution in [0.25, 0.3) is 0 Å². The lowest BCUT2D eigenvalue weighted by Crippen LogP contribution is -2.02. The molecule has 1 aromatic carbocycles. The highest BCUT2D eigenvalue weighted by atomic mass is 15.3. The van der Waals surface area contributed by atoms with Crippen molar-refractivity contribution in [2.45, 2.75) is 20.0 Å². The normalized spacial score (nSPS) is 10.5. The highest BCUT2D eigenvalue weighted by molar-refractivity contribution is 5.23. The minimum atomic E-state index is 0.589. The molecule has 3 nitrogen and oxygen atoms in total. The molecule has 1 heterocycles. The van der Waals surface area contributed by atoms with E-state index in [4.69, 9.17) is 5.73 Å². The molecule has 0 radical (unpaired) electrons. The summed E-state index contributed by atoms with van der Waals surface area (Å²) in [6.07, 6.45) is 1.99. The molecule has 0 spiro atoms. The Morgan fingerprint density at radius 1 is 1.27 bits per heavy atom. The highest BCUT2D eigenvalue weighted by Crippen LogP contribution is 2.06. The highest BCUT2D eigenvalue weighted by Gasteiger charge is 1.97. The Balaban J connectivity index is 2.16. The fourth-order valence-electron chi connectivity index (χ4n) is 1.59. The molecular formula is C12H15N3. The van der Waals surface area contributed by atoms with Gasteiger partial charge in [-0.15, -0.1) is 0 Å². The van der Waals surface area contributed by atoms with Crippen molar-refractivity contribution in [1.82, 2.24) is 9.78 Å². The summed E-state index contributed by atoms with van der Waals surface area (Å²) >= 11 is 0. The Morgan fingerprint density at radius 2 is 2.07 bits per heavy atom. The van der Waals surface area contributed by atoms with Gasteiger partial charge in [-0.05, 0) is 24.1 Å². The van der Waals surface area contributed by atoms with Crippen molar-refractivity contribution in [3.8, 4) is 0 Å². The minimum Gasteiger partial charge on any atom is -0.326 e. The van der Waals surface area contributed by atoms with E-state index in [9.17, 15) is 0 Å². The van der Waals surface area contributed by atoms with Gasteiger partial charge in [-0.25, -0.2) is 0 Å². The number of nitrogens with two attached hydrogens (primary N) is 1. The minimum absolute atomic E-state index is 0.589. The molecule has 78 valence electrons. The molecule has 0 fully saturated rings. The summed E-state index contributed by atoms with van der Waals surface area (Å²) < 4.78 is 1.94. The van der Waals surface area contributed by atoms with Gasteiger partial charge in [0.05, 0.1) is 12.2 Å². The van der Waals surface area contributed by atoms with Crippen LogP contribution in [0, 0.1) is 6.92 Å². The van der Waals surface area contributed by atoms with Crippen molar-refractivity contribution in [1.29, 1.82) is 0 Å². The Morgan fingerprint density at radius 3 is 2.73 bits per heavy atom. The van der Waals surface area contributed by atoms with E-state index in [1.54, 1.807) is 0 Å². The first-order valence-electron chi connectivity index (χ1n) is 5.06. The summed E-state index contributed by atoms with van der Waals surface area (Å²) in [5, 5.41) is 4.35. The first-order valence-corrected chi connectivity index (χ1v) is 5.06. The summed E-state index contributed by atoms with van der Waals surface area (Å²) in [6, 6.07) is 10.3. The molecule has 15 heavy (non-hydrogen) atoms. The predicted octanol–water partition coefficient (Wildman–Crippen LogP) is 1.70. The van der Waals surface area contributed by atoms with E-state index < -0.39 is 0 Å². The molecule has 0 amide bonds. The third kappa shape index (κ3) is 2.44. The average Bonchev–Trinajstić information content (AvgIpc) is 2.64. The summed E-state index contributed by atoms with van der Waals surface area (Å²) in [5.74, 6) is 0. The maximum atomic E-state index is 5.59. The van der Waals surface area contributed by atoms with Gasteiger partial charge in [0.1, 0.15) is 0 Å². The number of aryl methyl sites for hydroxylation is 1. The van der Waals surface area contributed by atoms with Gasteiger partial charge >= 0.3 is 0 Å². The van der Waals surface area contributed by atoms with Gasteiger partial charge in [0.15, 0.2) is 0 Å². The second-order valence-corrected chi connectivity index (χ2v) is 3.68. The van der Waals surface area contributed by atoms with Gasteiger partial charge in [0.2, 0.25) is 0 Å². The maximum absolute atomic E-state index is 5.59. The van der Waals surface area contributed by atoms with Gasteiger partial charge in [-0.3, -0.25) is 4.68 Å². The van der Waals surface area contributed by atoms with Gasteiger partial charge in [-0.2, -0.15) is 5.10 Å². The molecule has 3 heteroatoms. The number of benzene rings is 1.